The number of rotatable bonds is 7. The maximum absolute atomic E-state index is 13.2. The van der Waals surface area contributed by atoms with Crippen LogP contribution in [0.15, 0.2) is 59.5 Å². The van der Waals surface area contributed by atoms with Gasteiger partial charge in [0.15, 0.2) is 0 Å². The third-order valence-corrected chi connectivity index (χ3v) is 7.17. The largest absolute Gasteiger partial charge is 0.341 e. The molecule has 1 aliphatic heterocycles. The third kappa shape index (κ3) is 6.93. The number of halogens is 1. The summed E-state index contributed by atoms with van der Waals surface area (Å²) in [5, 5.41) is 6.02. The Kier molecular flexibility index (Phi) is 8.34. The van der Waals surface area contributed by atoms with Crippen LogP contribution in [-0.4, -0.2) is 50.4 Å². The SMILES string of the molecule is CC(C)[C@@H](NS(=O)(=O)c1cccc(Cl)c1)C(=O)N1CCC(NC(=O)Nc2ccccc2)CC1. The summed E-state index contributed by atoms with van der Waals surface area (Å²) >= 11 is 5.93. The highest BCUT2D eigenvalue weighted by Gasteiger charge is 2.33. The molecule has 8 nitrogen and oxygen atoms in total. The van der Waals surface area contributed by atoms with Gasteiger partial charge in [-0.2, -0.15) is 4.72 Å². The standard InChI is InChI=1S/C23H29ClN4O4S/c1-16(2)21(27-33(31,32)20-10-6-7-17(24)15-20)22(29)28-13-11-19(12-14-28)26-23(30)25-18-8-4-3-5-9-18/h3-10,15-16,19,21,27H,11-14H2,1-2H3,(H2,25,26,30)/t21-/m1/s1. The number of carbonyl (C=O) groups is 2. The zero-order valence-corrected chi connectivity index (χ0v) is 20.2. The zero-order valence-electron chi connectivity index (χ0n) is 18.6. The van der Waals surface area contributed by atoms with Crippen molar-refractivity contribution < 1.29 is 18.0 Å². The number of urea groups is 1. The molecule has 1 fully saturated rings. The minimum absolute atomic E-state index is 0.0146. The van der Waals surface area contributed by atoms with Crippen LogP contribution in [0.4, 0.5) is 10.5 Å². The molecule has 178 valence electrons. The first-order valence-electron chi connectivity index (χ1n) is 10.8. The van der Waals surface area contributed by atoms with Crippen molar-refractivity contribution in [1.29, 1.82) is 0 Å². The van der Waals surface area contributed by atoms with Crippen molar-refractivity contribution in [3.63, 3.8) is 0 Å². The molecule has 33 heavy (non-hydrogen) atoms. The fourth-order valence-corrected chi connectivity index (χ4v) is 5.29. The highest BCUT2D eigenvalue weighted by atomic mass is 35.5. The van der Waals surface area contributed by atoms with E-state index in [9.17, 15) is 18.0 Å². The Labute approximate surface area is 199 Å². The number of anilines is 1. The summed E-state index contributed by atoms with van der Waals surface area (Å²) in [6.07, 6.45) is 1.17. The second-order valence-corrected chi connectivity index (χ2v) is 10.5. The van der Waals surface area contributed by atoms with Gasteiger partial charge in [-0.05, 0) is 49.1 Å². The predicted octanol–water partition coefficient (Wildman–Crippen LogP) is 3.46. The van der Waals surface area contributed by atoms with E-state index < -0.39 is 16.1 Å². The molecule has 0 aliphatic carbocycles. The molecule has 0 bridgehead atoms. The van der Waals surface area contributed by atoms with E-state index in [1.165, 1.54) is 12.1 Å². The Morgan fingerprint density at radius 2 is 1.70 bits per heavy atom. The molecule has 0 unspecified atom stereocenters. The highest BCUT2D eigenvalue weighted by molar-refractivity contribution is 7.89. The van der Waals surface area contributed by atoms with Gasteiger partial charge in [0.2, 0.25) is 15.9 Å². The van der Waals surface area contributed by atoms with E-state index in [2.05, 4.69) is 15.4 Å². The van der Waals surface area contributed by atoms with Crippen molar-refractivity contribution in [3.05, 3.63) is 59.6 Å². The molecule has 0 radical (unpaired) electrons. The maximum Gasteiger partial charge on any atom is 0.319 e. The lowest BCUT2D eigenvalue weighted by molar-refractivity contribution is -0.135. The average Bonchev–Trinajstić information content (AvgIpc) is 2.78. The number of carbonyl (C=O) groups excluding carboxylic acids is 2. The fourth-order valence-electron chi connectivity index (χ4n) is 3.66. The number of nitrogens with one attached hydrogen (secondary N) is 3. The second-order valence-electron chi connectivity index (χ2n) is 8.36. The summed E-state index contributed by atoms with van der Waals surface area (Å²) in [6.45, 7) is 4.45. The number of benzene rings is 2. The van der Waals surface area contributed by atoms with Gasteiger partial charge < -0.3 is 15.5 Å². The summed E-state index contributed by atoms with van der Waals surface area (Å²) in [5.74, 6) is -0.526. The third-order valence-electron chi connectivity index (χ3n) is 5.49. The first kappa shape index (κ1) is 25.0. The van der Waals surface area contributed by atoms with Crippen LogP contribution in [0, 0.1) is 5.92 Å². The molecule has 0 saturated carbocycles. The molecule has 0 aromatic heterocycles. The minimum atomic E-state index is -3.91. The van der Waals surface area contributed by atoms with Crippen molar-refractivity contribution in [2.75, 3.05) is 18.4 Å². The smallest absolute Gasteiger partial charge is 0.319 e. The van der Waals surface area contributed by atoms with Crippen LogP contribution in [0.5, 0.6) is 0 Å². The number of piperidine rings is 1. The van der Waals surface area contributed by atoms with Gasteiger partial charge in [0.25, 0.3) is 0 Å². The van der Waals surface area contributed by atoms with Gasteiger partial charge in [-0.1, -0.05) is 49.7 Å². The van der Waals surface area contributed by atoms with Crippen LogP contribution in [0.3, 0.4) is 0 Å². The average molecular weight is 493 g/mol. The molecule has 1 aliphatic rings. The number of hydrogen-bond acceptors (Lipinski definition) is 4. The molecule has 1 saturated heterocycles. The molecule has 3 N–H and O–H groups in total. The van der Waals surface area contributed by atoms with E-state index in [1.807, 2.05) is 18.2 Å². The van der Waals surface area contributed by atoms with E-state index >= 15 is 0 Å². The molecule has 2 aromatic rings. The molecule has 3 rings (SSSR count). The monoisotopic (exact) mass is 492 g/mol. The normalized spacial score (nSPS) is 15.8. The minimum Gasteiger partial charge on any atom is -0.341 e. The summed E-state index contributed by atoms with van der Waals surface area (Å²) in [6, 6.07) is 13.8. The summed E-state index contributed by atoms with van der Waals surface area (Å²) in [4.78, 5) is 27.0. The number of hydrogen-bond donors (Lipinski definition) is 3. The van der Waals surface area contributed by atoms with Gasteiger partial charge in [-0.25, -0.2) is 13.2 Å². The number of sulfonamides is 1. The second kappa shape index (κ2) is 11.0. The zero-order chi connectivity index (χ0) is 24.0. The van der Waals surface area contributed by atoms with Gasteiger partial charge >= 0.3 is 6.03 Å². The fraction of sp³-hybridized carbons (Fsp3) is 0.391. The van der Waals surface area contributed by atoms with E-state index in [4.69, 9.17) is 11.6 Å². The quantitative estimate of drug-likeness (QED) is 0.550. The van der Waals surface area contributed by atoms with Crippen LogP contribution in [0.2, 0.25) is 5.02 Å². The van der Waals surface area contributed by atoms with Crippen molar-refractivity contribution in [2.24, 2.45) is 5.92 Å². The predicted molar refractivity (Wildman–Crippen MR) is 129 cm³/mol. The Hall–Kier alpha value is -2.62. The first-order chi connectivity index (χ1) is 15.7. The van der Waals surface area contributed by atoms with E-state index in [-0.39, 0.29) is 28.8 Å². The first-order valence-corrected chi connectivity index (χ1v) is 12.7. The van der Waals surface area contributed by atoms with Crippen molar-refractivity contribution in [3.8, 4) is 0 Å². The van der Waals surface area contributed by atoms with Crippen LogP contribution in [0.25, 0.3) is 0 Å². The van der Waals surface area contributed by atoms with E-state index in [1.54, 1.807) is 43.0 Å². The van der Waals surface area contributed by atoms with Crippen LogP contribution >= 0.6 is 11.6 Å². The Bertz CT molecular complexity index is 1070. The maximum atomic E-state index is 13.2. The lowest BCUT2D eigenvalue weighted by Gasteiger charge is -2.35. The van der Waals surface area contributed by atoms with Crippen molar-refractivity contribution >= 4 is 39.2 Å². The van der Waals surface area contributed by atoms with E-state index in [0.717, 1.165) is 0 Å². The number of likely N-dealkylation sites (tertiary alicyclic amines) is 1. The Morgan fingerprint density at radius 1 is 1.03 bits per heavy atom. The topological polar surface area (TPSA) is 108 Å². The summed E-state index contributed by atoms with van der Waals surface area (Å²) < 4.78 is 28.2. The molecule has 1 heterocycles. The van der Waals surface area contributed by atoms with Crippen LogP contribution in [-0.2, 0) is 14.8 Å². The molecular formula is C23H29ClN4O4S. The number of para-hydroxylation sites is 1. The molecule has 2 aromatic carbocycles. The van der Waals surface area contributed by atoms with Crippen LogP contribution < -0.4 is 15.4 Å². The highest BCUT2D eigenvalue weighted by Crippen LogP contribution is 2.19. The lowest BCUT2D eigenvalue weighted by atomic mass is 10.0. The number of amides is 3. The molecule has 0 spiro atoms. The Morgan fingerprint density at radius 3 is 2.30 bits per heavy atom. The van der Waals surface area contributed by atoms with Crippen LogP contribution in [0.1, 0.15) is 26.7 Å². The van der Waals surface area contributed by atoms with E-state index in [0.29, 0.717) is 36.6 Å². The molecular weight excluding hydrogens is 464 g/mol. The van der Waals surface area contributed by atoms with Gasteiger partial charge in [0.05, 0.1) is 4.90 Å². The number of nitrogens with zero attached hydrogens (tertiary/aromatic N) is 1. The molecule has 1 atom stereocenters. The van der Waals surface area contributed by atoms with Crippen molar-refractivity contribution in [2.45, 2.75) is 43.7 Å². The summed E-state index contributed by atoms with van der Waals surface area (Å²) in [5.41, 5.74) is 0.703. The lowest BCUT2D eigenvalue weighted by Crippen LogP contribution is -2.54. The van der Waals surface area contributed by atoms with Gasteiger partial charge in [-0.15, -0.1) is 0 Å². The van der Waals surface area contributed by atoms with Gasteiger partial charge in [-0.3, -0.25) is 4.79 Å². The van der Waals surface area contributed by atoms with Gasteiger partial charge in [0.1, 0.15) is 6.04 Å². The summed E-state index contributed by atoms with van der Waals surface area (Å²) in [7, 11) is -3.91. The Balaban J connectivity index is 1.56. The molecule has 10 heteroatoms. The van der Waals surface area contributed by atoms with Gasteiger partial charge in [0, 0.05) is 29.8 Å². The van der Waals surface area contributed by atoms with Crippen molar-refractivity contribution in [1.82, 2.24) is 14.9 Å². The molecule has 3 amide bonds.